The number of aromatic nitrogens is 2. The first-order chi connectivity index (χ1) is 17.7. The van der Waals surface area contributed by atoms with Crippen molar-refractivity contribution in [3.8, 4) is 11.5 Å². The minimum atomic E-state index is -4.85. The van der Waals surface area contributed by atoms with E-state index in [4.69, 9.17) is 9.47 Å². The van der Waals surface area contributed by atoms with Gasteiger partial charge in [-0.05, 0) is 12.1 Å². The molecule has 0 saturated heterocycles. The monoisotopic (exact) mass is 566 g/mol. The van der Waals surface area contributed by atoms with Crippen molar-refractivity contribution in [2.24, 2.45) is 0 Å². The topological polar surface area (TPSA) is 77.4 Å². The maximum absolute atomic E-state index is 14.7. The van der Waals surface area contributed by atoms with Crippen molar-refractivity contribution in [1.29, 1.82) is 0 Å². The van der Waals surface area contributed by atoms with Gasteiger partial charge in [0.2, 0.25) is 0 Å². The fourth-order valence-corrected chi connectivity index (χ4v) is 4.07. The molecule has 15 heteroatoms. The smallest absolute Gasteiger partial charge is 0.418 e. The molecular weight excluding hydrogens is 541 g/mol. The highest BCUT2D eigenvalue weighted by molar-refractivity contribution is 6.76. The molecule has 0 saturated carbocycles. The maximum atomic E-state index is 14.7. The molecule has 7 nitrogen and oxygen atoms in total. The lowest BCUT2D eigenvalue weighted by Gasteiger charge is -2.15. The van der Waals surface area contributed by atoms with Crippen molar-refractivity contribution in [3.63, 3.8) is 0 Å². The van der Waals surface area contributed by atoms with E-state index in [1.165, 1.54) is 0 Å². The summed E-state index contributed by atoms with van der Waals surface area (Å²) in [5.41, 5.74) is -1.74. The number of nitrogens with zero attached hydrogens (tertiary/aromatic N) is 2. The number of carbonyl (C=O) groups is 1. The van der Waals surface area contributed by atoms with Crippen molar-refractivity contribution >= 4 is 30.8 Å². The highest BCUT2D eigenvalue weighted by atomic mass is 28.3. The first kappa shape index (κ1) is 29.2. The largest absolute Gasteiger partial charge is 0.450 e. The van der Waals surface area contributed by atoms with Gasteiger partial charge in [0.1, 0.15) is 18.1 Å². The van der Waals surface area contributed by atoms with Crippen LogP contribution in [0.5, 0.6) is 11.5 Å². The summed E-state index contributed by atoms with van der Waals surface area (Å²) in [4.78, 5) is 15.6. The molecule has 3 rings (SSSR count). The number of carbonyl (C=O) groups excluding carboxylic acids is 1. The maximum Gasteiger partial charge on any atom is 0.418 e. The number of alkyl halides is 5. The van der Waals surface area contributed by atoms with Gasteiger partial charge in [0.15, 0.2) is 17.4 Å². The van der Waals surface area contributed by atoms with Gasteiger partial charge in [-0.2, -0.15) is 13.2 Å². The van der Waals surface area contributed by atoms with Gasteiger partial charge in [0.05, 0.1) is 17.5 Å². The zero-order valence-corrected chi connectivity index (χ0v) is 21.6. The molecule has 2 amide bonds. The first-order valence-electron chi connectivity index (χ1n) is 11.3. The number of halogens is 7. The molecule has 2 aromatic heterocycles. The van der Waals surface area contributed by atoms with Crippen LogP contribution in [0.25, 0.3) is 11.0 Å². The molecule has 0 fully saturated rings. The zero-order valence-electron chi connectivity index (χ0n) is 20.6. The van der Waals surface area contributed by atoms with E-state index in [1.54, 1.807) is 5.32 Å². The predicted molar refractivity (Wildman–Crippen MR) is 128 cm³/mol. The lowest BCUT2D eigenvalue weighted by molar-refractivity contribution is -0.136. The van der Waals surface area contributed by atoms with Crippen LogP contribution in [-0.2, 0) is 17.6 Å². The molecule has 0 bridgehead atoms. The van der Waals surface area contributed by atoms with Crippen LogP contribution in [0.2, 0.25) is 25.7 Å². The minimum Gasteiger partial charge on any atom is -0.450 e. The first-order valence-corrected chi connectivity index (χ1v) is 15.0. The Bertz CT molecular complexity index is 1270. The van der Waals surface area contributed by atoms with Gasteiger partial charge in [0, 0.05) is 44.9 Å². The molecule has 0 atom stereocenters. The van der Waals surface area contributed by atoms with E-state index in [1.807, 2.05) is 5.32 Å². The number of ether oxygens (including phenoxy) is 2. The van der Waals surface area contributed by atoms with Gasteiger partial charge >= 0.3 is 12.2 Å². The summed E-state index contributed by atoms with van der Waals surface area (Å²) in [5.74, 6) is -4.27. The van der Waals surface area contributed by atoms with E-state index in [-0.39, 0.29) is 12.4 Å². The quantitative estimate of drug-likeness (QED) is 0.160. The summed E-state index contributed by atoms with van der Waals surface area (Å²) < 4.78 is 107. The number of rotatable bonds is 10. The number of hydrogen-bond donors (Lipinski definition) is 2. The fraction of sp³-hybridized carbons (Fsp3) is 0.391. The summed E-state index contributed by atoms with van der Waals surface area (Å²) >= 11 is 0. The van der Waals surface area contributed by atoms with Crippen LogP contribution in [-0.4, -0.2) is 43.2 Å². The molecule has 1 aromatic carbocycles. The Labute approximate surface area is 213 Å². The van der Waals surface area contributed by atoms with E-state index in [0.29, 0.717) is 18.7 Å². The number of urea groups is 1. The molecule has 38 heavy (non-hydrogen) atoms. The molecule has 0 unspecified atom stereocenters. The molecule has 0 aliphatic carbocycles. The second-order valence-corrected chi connectivity index (χ2v) is 15.1. The van der Waals surface area contributed by atoms with Gasteiger partial charge in [0.25, 0.3) is 6.43 Å². The van der Waals surface area contributed by atoms with E-state index >= 15 is 0 Å². The summed E-state index contributed by atoms with van der Waals surface area (Å²) in [6.07, 6.45) is -5.78. The number of benzene rings is 1. The third-order valence-electron chi connectivity index (χ3n) is 5.14. The molecule has 3 aromatic rings. The fourth-order valence-electron chi connectivity index (χ4n) is 3.31. The Kier molecular flexibility index (Phi) is 8.92. The standard InChI is InChI=1S/C23H25F7N4O3Si/c1-38(2,3)7-6-36-12-34-11-14(23(28,29)30)19-17(4-5-31-21(19)34)37-20-15(24)8-13(9-16(20)25)33-22(35)32-10-18(26)27/h4-5,8-9,11,18H,6-7,10,12H2,1-3H3,(H2,32,33,35). The van der Waals surface area contributed by atoms with Gasteiger partial charge in [-0.3, -0.25) is 0 Å². The van der Waals surface area contributed by atoms with Crippen LogP contribution >= 0.6 is 0 Å². The highest BCUT2D eigenvalue weighted by Gasteiger charge is 2.37. The average Bonchev–Trinajstić information content (AvgIpc) is 3.17. The van der Waals surface area contributed by atoms with E-state index in [9.17, 15) is 35.5 Å². The predicted octanol–water partition coefficient (Wildman–Crippen LogP) is 6.82. The molecule has 2 N–H and O–H groups in total. The van der Waals surface area contributed by atoms with E-state index < -0.39 is 73.0 Å². The average molecular weight is 567 g/mol. The Balaban J connectivity index is 1.90. The second-order valence-electron chi connectivity index (χ2n) is 9.46. The second kappa shape index (κ2) is 11.6. The van der Waals surface area contributed by atoms with Crippen molar-refractivity contribution in [2.75, 3.05) is 18.5 Å². The third kappa shape index (κ3) is 7.60. The van der Waals surface area contributed by atoms with Crippen LogP contribution in [0, 0.1) is 11.6 Å². The lowest BCUT2D eigenvalue weighted by Crippen LogP contribution is -2.32. The van der Waals surface area contributed by atoms with Gasteiger partial charge in [-0.1, -0.05) is 19.6 Å². The number of hydrogen-bond acceptors (Lipinski definition) is 4. The van der Waals surface area contributed by atoms with E-state index in [2.05, 4.69) is 24.6 Å². The van der Waals surface area contributed by atoms with Gasteiger partial charge in [-0.25, -0.2) is 27.3 Å². The number of nitrogens with one attached hydrogen (secondary N) is 2. The van der Waals surface area contributed by atoms with Crippen LogP contribution < -0.4 is 15.4 Å². The minimum absolute atomic E-state index is 0.169. The highest BCUT2D eigenvalue weighted by Crippen LogP contribution is 2.42. The Hall–Kier alpha value is -3.33. The molecule has 0 spiro atoms. The Morgan fingerprint density at radius 2 is 1.82 bits per heavy atom. The van der Waals surface area contributed by atoms with Gasteiger partial charge in [-0.15, -0.1) is 0 Å². The third-order valence-corrected chi connectivity index (χ3v) is 6.84. The van der Waals surface area contributed by atoms with Crippen molar-refractivity contribution in [3.05, 3.63) is 47.8 Å². The van der Waals surface area contributed by atoms with Crippen molar-refractivity contribution < 1.29 is 45.0 Å². The van der Waals surface area contributed by atoms with Crippen molar-refractivity contribution in [2.45, 2.75) is 45.0 Å². The SMILES string of the molecule is C[Si](C)(C)CCOCn1cc(C(F)(F)F)c2c(Oc3c(F)cc(NC(=O)NCC(F)F)cc3F)ccnc21. The number of fused-ring (bicyclic) bond motifs is 1. The summed E-state index contributed by atoms with van der Waals surface area (Å²) in [7, 11) is -1.44. The van der Waals surface area contributed by atoms with E-state index in [0.717, 1.165) is 29.1 Å². The number of pyridine rings is 1. The Morgan fingerprint density at radius 1 is 1.16 bits per heavy atom. The lowest BCUT2D eigenvalue weighted by atomic mass is 10.2. The van der Waals surface area contributed by atoms with Crippen LogP contribution in [0.4, 0.5) is 41.2 Å². The number of amides is 2. The van der Waals surface area contributed by atoms with Crippen molar-refractivity contribution in [1.82, 2.24) is 14.9 Å². The normalized spacial score (nSPS) is 12.3. The molecule has 0 aliphatic rings. The molecule has 2 heterocycles. The molecule has 0 aliphatic heterocycles. The summed E-state index contributed by atoms with van der Waals surface area (Å²) in [6.45, 7) is 5.49. The Morgan fingerprint density at radius 3 is 2.39 bits per heavy atom. The summed E-state index contributed by atoms with van der Waals surface area (Å²) in [5, 5.41) is 3.24. The molecule has 208 valence electrons. The van der Waals surface area contributed by atoms with Gasteiger partial charge < -0.3 is 24.7 Å². The van der Waals surface area contributed by atoms with Crippen LogP contribution in [0.15, 0.2) is 30.6 Å². The summed E-state index contributed by atoms with van der Waals surface area (Å²) in [6, 6.07) is 1.92. The molecular formula is C23H25F7N4O3Si. The van der Waals surface area contributed by atoms with Crippen LogP contribution in [0.3, 0.4) is 0 Å². The molecule has 0 radical (unpaired) electrons. The number of anilines is 1. The van der Waals surface area contributed by atoms with Crippen LogP contribution in [0.1, 0.15) is 5.56 Å². The zero-order chi connectivity index (χ0) is 28.3.